The molecule has 0 unspecified atom stereocenters. The molecule has 1 fully saturated rings. The van der Waals surface area contributed by atoms with Crippen LogP contribution in [0, 0.1) is 0 Å². The minimum atomic E-state index is -0.583. The first-order valence-electron chi connectivity index (χ1n) is 12.3. The Morgan fingerprint density at radius 1 is 1.27 bits per heavy atom. The zero-order valence-electron chi connectivity index (χ0n) is 21.4. The highest BCUT2D eigenvalue weighted by Crippen LogP contribution is 2.44. The number of carbonyl (C=O) groups is 1. The Hall–Kier alpha value is -2.79. The molecule has 0 radical (unpaired) electrons. The fourth-order valence-corrected chi connectivity index (χ4v) is 5.61. The van der Waals surface area contributed by atoms with Gasteiger partial charge in [-0.1, -0.05) is 11.6 Å². The number of hydrogen-bond acceptors (Lipinski definition) is 7. The van der Waals surface area contributed by atoms with Gasteiger partial charge in [0.05, 0.1) is 22.1 Å². The monoisotopic (exact) mass is 592 g/mol. The molecule has 2 aliphatic heterocycles. The summed E-state index contributed by atoms with van der Waals surface area (Å²) in [6.07, 6.45) is 3.20. The largest absolute Gasteiger partial charge is 0.488 e. The molecule has 198 valence electrons. The van der Waals surface area contributed by atoms with Crippen molar-refractivity contribution < 1.29 is 14.3 Å². The van der Waals surface area contributed by atoms with Crippen LogP contribution in [0.5, 0.6) is 5.75 Å². The van der Waals surface area contributed by atoms with Gasteiger partial charge in [0.15, 0.2) is 5.75 Å². The molecule has 0 bridgehead atoms. The standard InChI is InChI=1S/C25H30BrClN6O4/c1-14-11-32(24(35)37-25(3,4)5)15(2)10-31(14)22-17-9-18(27)19(26)21-20(17)33(23(34)29-22)16(13-36-21)12-30-8-6-7-28-30/h6-9,14-16H,10-13H2,1-5H3/t14-,15+,16+/m0/s1. The highest BCUT2D eigenvalue weighted by Gasteiger charge is 2.37. The van der Waals surface area contributed by atoms with Crippen LogP contribution >= 0.6 is 27.5 Å². The predicted molar refractivity (Wildman–Crippen MR) is 145 cm³/mol. The van der Waals surface area contributed by atoms with E-state index < -0.39 is 5.60 Å². The molecule has 3 atom stereocenters. The SMILES string of the molecule is C[C@@H]1CN(c2nc(=O)n3c4c(c(Br)c(Cl)cc24)OC[C@H]3Cn2cccn2)[C@@H](C)CN1C(=O)OC(C)(C)C. The van der Waals surface area contributed by atoms with E-state index in [-0.39, 0.29) is 36.5 Å². The fourth-order valence-electron chi connectivity index (χ4n) is 5.00. The summed E-state index contributed by atoms with van der Waals surface area (Å²) in [6.45, 7) is 11.2. The van der Waals surface area contributed by atoms with Crippen molar-refractivity contribution in [2.75, 3.05) is 24.6 Å². The van der Waals surface area contributed by atoms with Gasteiger partial charge in [-0.3, -0.25) is 9.25 Å². The number of benzene rings is 1. The summed E-state index contributed by atoms with van der Waals surface area (Å²) in [5.74, 6) is 1.05. The van der Waals surface area contributed by atoms with Crippen LogP contribution in [0.1, 0.15) is 40.7 Å². The van der Waals surface area contributed by atoms with E-state index in [1.807, 2.05) is 52.9 Å². The fraction of sp³-hybridized carbons (Fsp3) is 0.520. The Morgan fingerprint density at radius 3 is 2.70 bits per heavy atom. The zero-order valence-corrected chi connectivity index (χ0v) is 23.8. The molecule has 0 N–H and O–H groups in total. The first-order valence-corrected chi connectivity index (χ1v) is 13.4. The number of piperazine rings is 1. The van der Waals surface area contributed by atoms with E-state index in [1.54, 1.807) is 20.3 Å². The third kappa shape index (κ3) is 4.79. The molecule has 0 aliphatic carbocycles. The van der Waals surface area contributed by atoms with Crippen molar-refractivity contribution in [1.29, 1.82) is 0 Å². The molecule has 37 heavy (non-hydrogen) atoms. The summed E-state index contributed by atoms with van der Waals surface area (Å²) in [5, 5.41) is 5.48. The third-order valence-corrected chi connectivity index (χ3v) is 7.98. The Kier molecular flexibility index (Phi) is 6.64. The van der Waals surface area contributed by atoms with E-state index in [9.17, 15) is 9.59 Å². The second-order valence-corrected chi connectivity index (χ2v) is 11.9. The van der Waals surface area contributed by atoms with Gasteiger partial charge in [0, 0.05) is 43.0 Å². The molecule has 1 aromatic carbocycles. The first-order chi connectivity index (χ1) is 17.4. The van der Waals surface area contributed by atoms with E-state index in [1.165, 1.54) is 0 Å². The number of carbonyl (C=O) groups excluding carboxylic acids is 1. The lowest BCUT2D eigenvalue weighted by atomic mass is 10.1. The number of nitrogens with zero attached hydrogens (tertiary/aromatic N) is 6. The number of halogens is 2. The van der Waals surface area contributed by atoms with Gasteiger partial charge >= 0.3 is 11.8 Å². The molecular weight excluding hydrogens is 564 g/mol. The van der Waals surface area contributed by atoms with Crippen LogP contribution in [0.15, 0.2) is 33.8 Å². The number of amides is 1. The zero-order chi connectivity index (χ0) is 26.6. The van der Waals surface area contributed by atoms with Crippen molar-refractivity contribution in [2.24, 2.45) is 0 Å². The smallest absolute Gasteiger partial charge is 0.410 e. The Morgan fingerprint density at radius 2 is 2.03 bits per heavy atom. The van der Waals surface area contributed by atoms with Crippen molar-refractivity contribution >= 4 is 50.3 Å². The van der Waals surface area contributed by atoms with Gasteiger partial charge in [-0.2, -0.15) is 10.1 Å². The van der Waals surface area contributed by atoms with E-state index in [2.05, 4.69) is 30.9 Å². The molecule has 2 aromatic heterocycles. The maximum atomic E-state index is 13.6. The number of hydrogen-bond donors (Lipinski definition) is 0. The number of ether oxygens (including phenoxy) is 2. The van der Waals surface area contributed by atoms with E-state index >= 15 is 0 Å². The Bertz CT molecular complexity index is 1400. The van der Waals surface area contributed by atoms with Crippen molar-refractivity contribution in [2.45, 2.75) is 64.9 Å². The summed E-state index contributed by atoms with van der Waals surface area (Å²) in [5.41, 5.74) is -0.308. The highest BCUT2D eigenvalue weighted by molar-refractivity contribution is 9.10. The lowest BCUT2D eigenvalue weighted by molar-refractivity contribution is 0.0130. The number of anilines is 1. The summed E-state index contributed by atoms with van der Waals surface area (Å²) in [7, 11) is 0. The van der Waals surface area contributed by atoms with E-state index in [0.717, 1.165) is 5.39 Å². The van der Waals surface area contributed by atoms with Gasteiger partial charge in [0.1, 0.15) is 23.5 Å². The van der Waals surface area contributed by atoms with Crippen LogP contribution in [0.4, 0.5) is 10.6 Å². The molecular formula is C25H30BrClN6O4. The van der Waals surface area contributed by atoms with Crippen molar-refractivity contribution in [3.05, 3.63) is 44.5 Å². The molecule has 12 heteroatoms. The lowest BCUT2D eigenvalue weighted by Crippen LogP contribution is -2.59. The van der Waals surface area contributed by atoms with Gasteiger partial charge in [0.25, 0.3) is 0 Å². The summed E-state index contributed by atoms with van der Waals surface area (Å²) < 4.78 is 15.8. The predicted octanol–water partition coefficient (Wildman–Crippen LogP) is 4.48. The maximum absolute atomic E-state index is 13.6. The van der Waals surface area contributed by atoms with Crippen LogP contribution in [0.25, 0.3) is 10.9 Å². The molecule has 1 amide bonds. The summed E-state index contributed by atoms with van der Waals surface area (Å²) in [4.78, 5) is 34.8. The van der Waals surface area contributed by atoms with Gasteiger partial charge in [-0.15, -0.1) is 0 Å². The molecule has 3 aromatic rings. The molecule has 10 nitrogen and oxygen atoms in total. The van der Waals surface area contributed by atoms with Crippen LogP contribution in [0.2, 0.25) is 5.02 Å². The minimum absolute atomic E-state index is 0.121. The Labute approximate surface area is 228 Å². The highest BCUT2D eigenvalue weighted by atomic mass is 79.9. The summed E-state index contributed by atoms with van der Waals surface area (Å²) >= 11 is 10.1. The van der Waals surface area contributed by atoms with Gasteiger partial charge in [0.2, 0.25) is 0 Å². The van der Waals surface area contributed by atoms with Crippen LogP contribution < -0.4 is 15.3 Å². The first kappa shape index (κ1) is 25.8. The van der Waals surface area contributed by atoms with Gasteiger partial charge in [-0.25, -0.2) is 9.59 Å². The number of aromatic nitrogens is 4. The quantitative estimate of drug-likeness (QED) is 0.442. The van der Waals surface area contributed by atoms with Crippen LogP contribution in [-0.2, 0) is 11.3 Å². The van der Waals surface area contributed by atoms with Crippen LogP contribution in [0.3, 0.4) is 0 Å². The molecule has 1 saturated heterocycles. The van der Waals surface area contributed by atoms with Crippen molar-refractivity contribution in [3.63, 3.8) is 0 Å². The van der Waals surface area contributed by atoms with E-state index in [0.29, 0.717) is 46.2 Å². The second kappa shape index (κ2) is 9.50. The third-order valence-electron chi connectivity index (χ3n) is 6.67. The second-order valence-electron chi connectivity index (χ2n) is 10.7. The summed E-state index contributed by atoms with van der Waals surface area (Å²) in [6, 6.07) is 3.09. The lowest BCUT2D eigenvalue weighted by Gasteiger charge is -2.45. The van der Waals surface area contributed by atoms with Crippen molar-refractivity contribution in [3.8, 4) is 5.75 Å². The van der Waals surface area contributed by atoms with Crippen LogP contribution in [-0.4, -0.2) is 67.7 Å². The van der Waals surface area contributed by atoms with E-state index in [4.69, 9.17) is 21.1 Å². The molecule has 4 heterocycles. The average molecular weight is 594 g/mol. The normalized spacial score (nSPS) is 21.8. The van der Waals surface area contributed by atoms with Crippen molar-refractivity contribution in [1.82, 2.24) is 24.2 Å². The molecule has 0 saturated carbocycles. The van der Waals surface area contributed by atoms with Gasteiger partial charge in [-0.05, 0) is 62.7 Å². The number of rotatable bonds is 3. The molecule has 2 aliphatic rings. The topological polar surface area (TPSA) is 94.7 Å². The molecule has 5 rings (SSSR count). The van der Waals surface area contributed by atoms with Gasteiger partial charge < -0.3 is 19.3 Å². The Balaban J connectivity index is 1.57. The molecule has 0 spiro atoms. The maximum Gasteiger partial charge on any atom is 0.410 e. The average Bonchev–Trinajstić information content (AvgIpc) is 3.32. The minimum Gasteiger partial charge on any atom is -0.488 e.